The maximum Gasteiger partial charge on any atom is 0.225 e. The highest BCUT2D eigenvalue weighted by Crippen LogP contribution is 2.20. The van der Waals surface area contributed by atoms with Crippen LogP contribution in [0.4, 0.5) is 5.69 Å². The van der Waals surface area contributed by atoms with Gasteiger partial charge < -0.3 is 15.6 Å². The van der Waals surface area contributed by atoms with Gasteiger partial charge in [0.1, 0.15) is 0 Å². The van der Waals surface area contributed by atoms with Gasteiger partial charge in [0.2, 0.25) is 5.91 Å². The number of carbonyl (C=O) groups excluding carboxylic acids is 1. The van der Waals surface area contributed by atoms with Gasteiger partial charge >= 0.3 is 0 Å². The van der Waals surface area contributed by atoms with Crippen molar-refractivity contribution >= 4 is 33.4 Å². The van der Waals surface area contributed by atoms with E-state index in [1.54, 1.807) is 6.20 Å². The van der Waals surface area contributed by atoms with Crippen LogP contribution < -0.4 is 10.6 Å². The van der Waals surface area contributed by atoms with E-state index >= 15 is 0 Å². The number of amides is 1. The Kier molecular flexibility index (Phi) is 5.12. The van der Waals surface area contributed by atoms with Gasteiger partial charge in [-0.2, -0.15) is 0 Å². The summed E-state index contributed by atoms with van der Waals surface area (Å²) in [7, 11) is 0. The number of para-hydroxylation sites is 2. The normalized spacial score (nSPS) is 11.1. The van der Waals surface area contributed by atoms with Crippen molar-refractivity contribution in [3.05, 3.63) is 72.6 Å². The first kappa shape index (κ1) is 17.2. The van der Waals surface area contributed by atoms with Crippen molar-refractivity contribution in [1.29, 1.82) is 0 Å². The molecule has 2 aromatic heterocycles. The lowest BCUT2D eigenvalue weighted by atomic mass is 10.1. The van der Waals surface area contributed by atoms with Crippen LogP contribution in [0.2, 0.25) is 0 Å². The number of hydrogen-bond acceptors (Lipinski definition) is 3. The van der Waals surface area contributed by atoms with Crippen molar-refractivity contribution in [3.63, 3.8) is 0 Å². The Morgan fingerprint density at radius 3 is 2.85 bits per heavy atom. The number of aromatic amines is 1. The molecule has 3 N–H and O–H groups in total. The third kappa shape index (κ3) is 3.99. The minimum atomic E-state index is -0.00672. The number of carbonyl (C=O) groups is 1. The van der Waals surface area contributed by atoms with E-state index in [2.05, 4.69) is 45.0 Å². The molecule has 0 bridgehead atoms. The summed E-state index contributed by atoms with van der Waals surface area (Å²) in [5, 5.41) is 8.60. The topological polar surface area (TPSA) is 69.8 Å². The van der Waals surface area contributed by atoms with Crippen LogP contribution in [0.15, 0.2) is 67.0 Å². The van der Waals surface area contributed by atoms with Crippen LogP contribution in [0, 0.1) is 0 Å². The van der Waals surface area contributed by atoms with E-state index in [1.807, 2.05) is 36.4 Å². The van der Waals surface area contributed by atoms with Crippen LogP contribution in [-0.4, -0.2) is 29.0 Å². The highest BCUT2D eigenvalue weighted by atomic mass is 16.1. The predicted octanol–water partition coefficient (Wildman–Crippen LogP) is 3.88. The van der Waals surface area contributed by atoms with Crippen molar-refractivity contribution in [2.45, 2.75) is 12.8 Å². The van der Waals surface area contributed by atoms with E-state index in [-0.39, 0.29) is 5.91 Å². The van der Waals surface area contributed by atoms with E-state index in [4.69, 9.17) is 0 Å². The largest absolute Gasteiger partial charge is 0.361 e. The van der Waals surface area contributed by atoms with Crippen molar-refractivity contribution in [2.24, 2.45) is 0 Å². The lowest BCUT2D eigenvalue weighted by molar-refractivity contribution is -0.116. The molecule has 2 aromatic carbocycles. The van der Waals surface area contributed by atoms with E-state index in [1.165, 1.54) is 10.9 Å². The highest BCUT2D eigenvalue weighted by molar-refractivity contribution is 6.00. The number of rotatable bonds is 7. The third-order valence-corrected chi connectivity index (χ3v) is 4.68. The number of hydrogen-bond donors (Lipinski definition) is 3. The molecular weight excluding hydrogens is 336 g/mol. The molecule has 27 heavy (non-hydrogen) atoms. The zero-order valence-electron chi connectivity index (χ0n) is 15.0. The SMILES string of the molecule is O=C(CCNCCc1c[nH]c2ccccc12)Nc1cccc2cccnc12. The van der Waals surface area contributed by atoms with Crippen LogP contribution in [0.5, 0.6) is 0 Å². The molecule has 4 rings (SSSR count). The lowest BCUT2D eigenvalue weighted by Gasteiger charge is -2.08. The lowest BCUT2D eigenvalue weighted by Crippen LogP contribution is -2.23. The molecule has 136 valence electrons. The molecule has 0 fully saturated rings. The summed E-state index contributed by atoms with van der Waals surface area (Å²) in [4.78, 5) is 19.9. The Morgan fingerprint density at radius 2 is 1.89 bits per heavy atom. The number of H-pyrrole nitrogens is 1. The molecule has 0 saturated heterocycles. The monoisotopic (exact) mass is 358 g/mol. The number of nitrogens with zero attached hydrogens (tertiary/aromatic N) is 1. The Labute approximate surface area is 157 Å². The Morgan fingerprint density at radius 1 is 1.00 bits per heavy atom. The maximum atomic E-state index is 12.2. The molecule has 0 unspecified atom stereocenters. The van der Waals surface area contributed by atoms with Gasteiger partial charge in [0.25, 0.3) is 0 Å². The van der Waals surface area contributed by atoms with Gasteiger partial charge in [0, 0.05) is 41.6 Å². The average molecular weight is 358 g/mol. The fourth-order valence-electron chi connectivity index (χ4n) is 3.31. The summed E-state index contributed by atoms with van der Waals surface area (Å²) in [6.45, 7) is 1.48. The molecule has 0 aliphatic heterocycles. The molecule has 0 atom stereocenters. The molecular formula is C22H22N4O. The van der Waals surface area contributed by atoms with Gasteiger partial charge in [-0.3, -0.25) is 9.78 Å². The van der Waals surface area contributed by atoms with Gasteiger partial charge in [-0.05, 0) is 36.7 Å². The van der Waals surface area contributed by atoms with E-state index in [0.29, 0.717) is 13.0 Å². The first-order chi connectivity index (χ1) is 13.3. The van der Waals surface area contributed by atoms with Gasteiger partial charge in [0.15, 0.2) is 0 Å². The minimum absolute atomic E-state index is 0.00672. The van der Waals surface area contributed by atoms with Gasteiger partial charge in [-0.25, -0.2) is 0 Å². The van der Waals surface area contributed by atoms with Crippen LogP contribution in [0.1, 0.15) is 12.0 Å². The van der Waals surface area contributed by atoms with Crippen molar-refractivity contribution in [3.8, 4) is 0 Å². The number of benzene rings is 2. The smallest absolute Gasteiger partial charge is 0.225 e. The molecule has 0 radical (unpaired) electrons. The first-order valence-electron chi connectivity index (χ1n) is 9.20. The summed E-state index contributed by atoms with van der Waals surface area (Å²) < 4.78 is 0. The highest BCUT2D eigenvalue weighted by Gasteiger charge is 2.07. The number of fused-ring (bicyclic) bond motifs is 2. The summed E-state index contributed by atoms with van der Waals surface area (Å²) in [6, 6.07) is 18.0. The van der Waals surface area contributed by atoms with Crippen molar-refractivity contribution in [1.82, 2.24) is 15.3 Å². The molecule has 5 heteroatoms. The molecule has 2 heterocycles. The molecule has 0 aliphatic carbocycles. The molecule has 0 saturated carbocycles. The van der Waals surface area contributed by atoms with E-state index < -0.39 is 0 Å². The van der Waals surface area contributed by atoms with Gasteiger partial charge in [-0.15, -0.1) is 0 Å². The summed E-state index contributed by atoms with van der Waals surface area (Å²) in [6.07, 6.45) is 5.16. The van der Waals surface area contributed by atoms with Crippen LogP contribution >= 0.6 is 0 Å². The van der Waals surface area contributed by atoms with Crippen molar-refractivity contribution in [2.75, 3.05) is 18.4 Å². The average Bonchev–Trinajstić information content (AvgIpc) is 3.11. The van der Waals surface area contributed by atoms with Gasteiger partial charge in [-0.1, -0.05) is 36.4 Å². The predicted molar refractivity (Wildman–Crippen MR) is 110 cm³/mol. The molecule has 4 aromatic rings. The summed E-state index contributed by atoms with van der Waals surface area (Å²) >= 11 is 0. The van der Waals surface area contributed by atoms with Crippen LogP contribution in [0.25, 0.3) is 21.8 Å². The number of pyridine rings is 1. The number of anilines is 1. The minimum Gasteiger partial charge on any atom is -0.361 e. The Hall–Kier alpha value is -3.18. The zero-order valence-corrected chi connectivity index (χ0v) is 15.0. The number of aromatic nitrogens is 2. The first-order valence-corrected chi connectivity index (χ1v) is 9.20. The van der Waals surface area contributed by atoms with Crippen molar-refractivity contribution < 1.29 is 4.79 Å². The third-order valence-electron chi connectivity index (χ3n) is 4.68. The van der Waals surface area contributed by atoms with Crippen LogP contribution in [-0.2, 0) is 11.2 Å². The molecule has 0 aliphatic rings. The number of nitrogens with one attached hydrogen (secondary N) is 3. The quantitative estimate of drug-likeness (QED) is 0.439. The maximum absolute atomic E-state index is 12.2. The second-order valence-electron chi connectivity index (χ2n) is 6.54. The Bertz CT molecular complexity index is 1060. The summed E-state index contributed by atoms with van der Waals surface area (Å²) in [5.41, 5.74) is 4.04. The summed E-state index contributed by atoms with van der Waals surface area (Å²) in [5.74, 6) is -0.00672. The Balaban J connectivity index is 1.25. The van der Waals surface area contributed by atoms with Crippen LogP contribution in [0.3, 0.4) is 0 Å². The molecule has 1 amide bonds. The molecule has 0 spiro atoms. The van der Waals surface area contributed by atoms with E-state index in [0.717, 1.165) is 35.1 Å². The fourth-order valence-corrected chi connectivity index (χ4v) is 3.31. The zero-order chi connectivity index (χ0) is 18.5. The second kappa shape index (κ2) is 8.01. The standard InChI is InChI=1S/C22H22N4O/c27-21(26-20-9-3-5-16-6-4-12-24-22(16)20)11-14-23-13-10-17-15-25-19-8-2-1-7-18(17)19/h1-9,12,15,23,25H,10-11,13-14H2,(H,26,27). The second-order valence-corrected chi connectivity index (χ2v) is 6.54. The van der Waals surface area contributed by atoms with E-state index in [9.17, 15) is 4.79 Å². The van der Waals surface area contributed by atoms with Gasteiger partial charge in [0.05, 0.1) is 11.2 Å². The fraction of sp³-hybridized carbons (Fsp3) is 0.182. The molecule has 5 nitrogen and oxygen atoms in total.